The van der Waals surface area contributed by atoms with Crippen LogP contribution in [0.25, 0.3) is 0 Å². The van der Waals surface area contributed by atoms with Crippen molar-refractivity contribution in [2.75, 3.05) is 25.0 Å². The third-order valence-corrected chi connectivity index (χ3v) is 7.92. The lowest BCUT2D eigenvalue weighted by atomic mass is 10.2. The highest BCUT2D eigenvalue weighted by Gasteiger charge is 2.27. The van der Waals surface area contributed by atoms with E-state index in [2.05, 4.69) is 5.32 Å². The first kappa shape index (κ1) is 27.4. The van der Waals surface area contributed by atoms with E-state index in [4.69, 9.17) is 27.9 Å². The molecule has 0 aliphatic carbocycles. The summed E-state index contributed by atoms with van der Waals surface area (Å²) in [4.78, 5) is 31.2. The second-order valence-corrected chi connectivity index (χ2v) is 10.8. The molecule has 0 radical (unpaired) electrons. The number of benzene rings is 2. The standard InChI is InChI=1S/C27H28Cl2FN3O3S/c1-18-10-12-37-25(18)16-32(14-19-4-6-20(30)7-5-19)26(34)17-33(15-22-3-2-11-36-22)27(35)31-21-8-9-23(28)24(29)13-21/h4-10,12-13,22H,2-3,11,14-17H2,1H3,(H,31,35). The number of halogens is 3. The molecule has 1 aliphatic rings. The minimum absolute atomic E-state index is 0.140. The zero-order valence-corrected chi connectivity index (χ0v) is 22.7. The fourth-order valence-electron chi connectivity index (χ4n) is 4.07. The summed E-state index contributed by atoms with van der Waals surface area (Å²) in [6.45, 7) is 3.45. The minimum Gasteiger partial charge on any atom is -0.376 e. The van der Waals surface area contributed by atoms with Crippen molar-refractivity contribution in [1.82, 2.24) is 9.80 Å². The lowest BCUT2D eigenvalue weighted by Crippen LogP contribution is -2.46. The second-order valence-electron chi connectivity index (χ2n) is 8.98. The predicted octanol–water partition coefficient (Wildman–Crippen LogP) is 6.74. The fraction of sp³-hybridized carbons (Fsp3) is 0.333. The van der Waals surface area contributed by atoms with Gasteiger partial charge in [0.05, 0.1) is 22.7 Å². The van der Waals surface area contributed by atoms with E-state index in [0.29, 0.717) is 35.4 Å². The third kappa shape index (κ3) is 7.68. The van der Waals surface area contributed by atoms with Crippen LogP contribution in [-0.4, -0.2) is 47.5 Å². The van der Waals surface area contributed by atoms with Crippen molar-refractivity contribution in [2.45, 2.75) is 39.0 Å². The second kappa shape index (κ2) is 12.7. The van der Waals surface area contributed by atoms with Crippen molar-refractivity contribution < 1.29 is 18.7 Å². The molecule has 0 saturated carbocycles. The van der Waals surface area contributed by atoms with E-state index in [0.717, 1.165) is 28.8 Å². The Bertz CT molecular complexity index is 1230. The lowest BCUT2D eigenvalue weighted by molar-refractivity contribution is -0.133. The summed E-state index contributed by atoms with van der Waals surface area (Å²) in [5.74, 6) is -0.558. The Hall–Kier alpha value is -2.65. The largest absolute Gasteiger partial charge is 0.376 e. The van der Waals surface area contributed by atoms with E-state index >= 15 is 0 Å². The molecular formula is C27H28Cl2FN3O3S. The molecule has 1 N–H and O–H groups in total. The van der Waals surface area contributed by atoms with Crippen LogP contribution in [0.3, 0.4) is 0 Å². The zero-order chi connectivity index (χ0) is 26.4. The summed E-state index contributed by atoms with van der Waals surface area (Å²) < 4.78 is 19.2. The number of nitrogens with zero attached hydrogens (tertiary/aromatic N) is 2. The van der Waals surface area contributed by atoms with E-state index in [1.807, 2.05) is 18.4 Å². The molecular weight excluding hydrogens is 536 g/mol. The highest BCUT2D eigenvalue weighted by Crippen LogP contribution is 2.26. The molecule has 1 fully saturated rings. The van der Waals surface area contributed by atoms with Crippen LogP contribution in [0.4, 0.5) is 14.9 Å². The highest BCUT2D eigenvalue weighted by atomic mass is 35.5. The number of anilines is 1. The minimum atomic E-state index is -0.434. The van der Waals surface area contributed by atoms with Gasteiger partial charge in [-0.05, 0) is 72.7 Å². The number of rotatable bonds is 9. The van der Waals surface area contributed by atoms with Crippen LogP contribution in [-0.2, 0) is 22.6 Å². The van der Waals surface area contributed by atoms with Crippen LogP contribution in [0.1, 0.15) is 28.8 Å². The molecule has 196 valence electrons. The van der Waals surface area contributed by atoms with Gasteiger partial charge < -0.3 is 19.9 Å². The predicted molar refractivity (Wildman–Crippen MR) is 146 cm³/mol. The van der Waals surface area contributed by atoms with Crippen LogP contribution >= 0.6 is 34.5 Å². The van der Waals surface area contributed by atoms with Crippen molar-refractivity contribution >= 4 is 52.2 Å². The maximum Gasteiger partial charge on any atom is 0.322 e. The number of ether oxygens (including phenoxy) is 1. The molecule has 0 spiro atoms. The van der Waals surface area contributed by atoms with Crippen LogP contribution in [0.5, 0.6) is 0 Å². The number of thiophene rings is 1. The number of nitrogens with one attached hydrogen (secondary N) is 1. The number of aryl methyl sites for hydroxylation is 1. The Morgan fingerprint density at radius 3 is 2.51 bits per heavy atom. The average Bonchev–Trinajstić information content (AvgIpc) is 3.53. The van der Waals surface area contributed by atoms with Crippen LogP contribution in [0.15, 0.2) is 53.9 Å². The first-order valence-electron chi connectivity index (χ1n) is 12.0. The zero-order valence-electron chi connectivity index (χ0n) is 20.4. The molecule has 1 aromatic heterocycles. The van der Waals surface area contributed by atoms with Crippen LogP contribution in [0, 0.1) is 12.7 Å². The first-order chi connectivity index (χ1) is 17.8. The van der Waals surface area contributed by atoms with Gasteiger partial charge >= 0.3 is 6.03 Å². The van der Waals surface area contributed by atoms with Crippen molar-refractivity contribution in [1.29, 1.82) is 0 Å². The van der Waals surface area contributed by atoms with Gasteiger partial charge in [0, 0.05) is 30.3 Å². The highest BCUT2D eigenvalue weighted by molar-refractivity contribution is 7.10. The van der Waals surface area contributed by atoms with Crippen LogP contribution in [0.2, 0.25) is 10.0 Å². The number of carbonyl (C=O) groups is 2. The molecule has 3 amide bonds. The lowest BCUT2D eigenvalue weighted by Gasteiger charge is -2.29. The molecule has 2 aromatic carbocycles. The van der Waals surface area contributed by atoms with Gasteiger partial charge in [-0.1, -0.05) is 35.3 Å². The summed E-state index contributed by atoms with van der Waals surface area (Å²) in [6, 6.07) is 12.5. The smallest absolute Gasteiger partial charge is 0.322 e. The summed E-state index contributed by atoms with van der Waals surface area (Å²) in [5.41, 5.74) is 2.37. The quantitative estimate of drug-likeness (QED) is 0.313. The topological polar surface area (TPSA) is 61.9 Å². The Morgan fingerprint density at radius 2 is 1.86 bits per heavy atom. The van der Waals surface area contributed by atoms with Gasteiger partial charge in [-0.15, -0.1) is 11.3 Å². The Kier molecular flexibility index (Phi) is 9.43. The molecule has 10 heteroatoms. The van der Waals surface area contributed by atoms with Crippen molar-refractivity contribution in [3.63, 3.8) is 0 Å². The van der Waals surface area contributed by atoms with E-state index in [9.17, 15) is 14.0 Å². The van der Waals surface area contributed by atoms with Crippen molar-refractivity contribution in [2.24, 2.45) is 0 Å². The van der Waals surface area contributed by atoms with Gasteiger partial charge in [-0.25, -0.2) is 9.18 Å². The first-order valence-corrected chi connectivity index (χ1v) is 13.6. The van der Waals surface area contributed by atoms with Gasteiger partial charge in [0.1, 0.15) is 12.4 Å². The number of carbonyl (C=O) groups excluding carboxylic acids is 2. The summed E-state index contributed by atoms with van der Waals surface area (Å²) in [6.07, 6.45) is 1.59. The van der Waals surface area contributed by atoms with Crippen molar-refractivity contribution in [3.05, 3.63) is 85.8 Å². The molecule has 2 heterocycles. The van der Waals surface area contributed by atoms with Gasteiger partial charge in [-0.3, -0.25) is 4.79 Å². The molecule has 1 aliphatic heterocycles. The molecule has 1 saturated heterocycles. The van der Waals surface area contributed by atoms with E-state index in [1.165, 1.54) is 17.0 Å². The molecule has 3 aromatic rings. The number of hydrogen-bond donors (Lipinski definition) is 1. The van der Waals surface area contributed by atoms with Crippen molar-refractivity contribution in [3.8, 4) is 0 Å². The summed E-state index contributed by atoms with van der Waals surface area (Å²) in [5, 5.41) is 5.50. The Balaban J connectivity index is 1.53. The Morgan fingerprint density at radius 1 is 1.08 bits per heavy atom. The maximum absolute atomic E-state index is 13.6. The fourth-order valence-corrected chi connectivity index (χ4v) is 5.29. The van der Waals surface area contributed by atoms with Crippen LogP contribution < -0.4 is 5.32 Å². The Labute approximate surface area is 229 Å². The monoisotopic (exact) mass is 563 g/mol. The summed E-state index contributed by atoms with van der Waals surface area (Å²) >= 11 is 13.7. The van der Waals surface area contributed by atoms with Gasteiger partial charge in [-0.2, -0.15) is 0 Å². The SMILES string of the molecule is Cc1ccsc1CN(Cc1ccc(F)cc1)C(=O)CN(CC1CCCO1)C(=O)Nc1ccc(Cl)c(Cl)c1. The average molecular weight is 565 g/mol. The van der Waals surface area contributed by atoms with Gasteiger partial charge in [0.2, 0.25) is 5.91 Å². The molecule has 1 unspecified atom stereocenters. The molecule has 1 atom stereocenters. The van der Waals surface area contributed by atoms with E-state index < -0.39 is 6.03 Å². The number of urea groups is 1. The summed E-state index contributed by atoms with van der Waals surface area (Å²) in [7, 11) is 0. The third-order valence-electron chi connectivity index (χ3n) is 6.17. The molecule has 4 rings (SSSR count). The van der Waals surface area contributed by atoms with Gasteiger partial charge in [0.25, 0.3) is 0 Å². The number of hydrogen-bond acceptors (Lipinski definition) is 4. The molecule has 6 nitrogen and oxygen atoms in total. The maximum atomic E-state index is 13.6. The van der Waals surface area contributed by atoms with E-state index in [-0.39, 0.29) is 30.9 Å². The number of amides is 3. The molecule has 0 bridgehead atoms. The van der Waals surface area contributed by atoms with E-state index in [1.54, 1.807) is 46.6 Å². The van der Waals surface area contributed by atoms with Gasteiger partial charge in [0.15, 0.2) is 0 Å². The normalized spacial score (nSPS) is 15.0. The molecule has 37 heavy (non-hydrogen) atoms.